The number of ether oxygens (including phenoxy) is 2. The molecule has 2 saturated carbocycles. The Balaban J connectivity index is 0.000000161. The summed E-state index contributed by atoms with van der Waals surface area (Å²) in [6.45, 7) is 13.1. The molecule has 2 atom stereocenters. The molecule has 0 N–H and O–H groups in total. The van der Waals surface area contributed by atoms with E-state index in [1.807, 2.05) is 63.5 Å². The summed E-state index contributed by atoms with van der Waals surface area (Å²) in [5.41, 5.74) is 2.01. The minimum atomic E-state index is -0.419. The highest BCUT2D eigenvalue weighted by molar-refractivity contribution is 5.71. The number of rotatable bonds is 2. The van der Waals surface area contributed by atoms with E-state index in [4.69, 9.17) is 9.47 Å². The zero-order valence-electron chi connectivity index (χ0n) is 25.1. The molecule has 6 rings (SSSR count). The average molecular weight is 547 g/mol. The van der Waals surface area contributed by atoms with Crippen LogP contribution in [-0.2, 0) is 9.47 Å². The summed E-state index contributed by atoms with van der Waals surface area (Å²) in [5, 5.41) is 0. The first-order chi connectivity index (χ1) is 18.8. The van der Waals surface area contributed by atoms with Gasteiger partial charge in [0.15, 0.2) is 0 Å². The maximum absolute atomic E-state index is 12.4. The number of carbonyl (C=O) groups excluding carboxylic acids is 2. The molecular weight excluding hydrogens is 500 g/mol. The van der Waals surface area contributed by atoms with Crippen molar-refractivity contribution >= 4 is 12.2 Å². The van der Waals surface area contributed by atoms with Crippen molar-refractivity contribution in [2.24, 2.45) is 0 Å². The standard InChI is InChI=1S/2C17H23NO2/c2*1-16(2,3)20-15(19)18-12-14(11-17(18)9-10-17)13-7-5-4-6-8-13/h2*4-8,14H,9-12H2,1-3H3/t14-;/m1./s1. The molecule has 2 aromatic carbocycles. The van der Waals surface area contributed by atoms with Crippen molar-refractivity contribution in [3.8, 4) is 0 Å². The second-order valence-corrected chi connectivity index (χ2v) is 14.3. The smallest absolute Gasteiger partial charge is 0.410 e. The fourth-order valence-electron chi connectivity index (χ4n) is 6.40. The quantitative estimate of drug-likeness (QED) is 0.384. The minimum Gasteiger partial charge on any atom is -0.444 e. The van der Waals surface area contributed by atoms with Crippen LogP contribution in [0.25, 0.3) is 0 Å². The third-order valence-corrected chi connectivity index (χ3v) is 8.63. The van der Waals surface area contributed by atoms with Crippen molar-refractivity contribution in [1.82, 2.24) is 9.80 Å². The van der Waals surface area contributed by atoms with Gasteiger partial charge < -0.3 is 19.3 Å². The highest BCUT2D eigenvalue weighted by Crippen LogP contribution is 2.55. The predicted molar refractivity (Wildman–Crippen MR) is 157 cm³/mol. The van der Waals surface area contributed by atoms with Crippen molar-refractivity contribution in [2.45, 2.75) is 114 Å². The highest BCUT2D eigenvalue weighted by atomic mass is 16.6. The van der Waals surface area contributed by atoms with E-state index in [9.17, 15) is 9.59 Å². The molecule has 4 aliphatic rings. The van der Waals surface area contributed by atoms with Gasteiger partial charge in [-0.15, -0.1) is 0 Å². The molecule has 6 nitrogen and oxygen atoms in total. The van der Waals surface area contributed by atoms with E-state index in [-0.39, 0.29) is 23.3 Å². The molecule has 0 bridgehead atoms. The maximum atomic E-state index is 12.4. The fourth-order valence-corrected chi connectivity index (χ4v) is 6.40. The van der Waals surface area contributed by atoms with Crippen molar-refractivity contribution in [3.05, 3.63) is 71.8 Å². The SMILES string of the molecule is CC(C)(C)OC(=O)N1CC(c2ccccc2)CC12CC2.CC(C)(C)OC(=O)N1C[C@H](c2ccccc2)CC12CC2. The molecule has 2 aliphatic heterocycles. The average Bonchev–Trinajstić information content (AvgIpc) is 3.74. The van der Waals surface area contributed by atoms with Crippen LogP contribution in [0.15, 0.2) is 60.7 Å². The number of nitrogens with zero attached hydrogens (tertiary/aromatic N) is 2. The number of hydrogen-bond acceptors (Lipinski definition) is 4. The monoisotopic (exact) mass is 546 g/mol. The summed E-state index contributed by atoms with van der Waals surface area (Å²) in [7, 11) is 0. The van der Waals surface area contributed by atoms with Crippen LogP contribution in [0.4, 0.5) is 9.59 Å². The Morgan fingerprint density at radius 3 is 1.23 bits per heavy atom. The number of carbonyl (C=O) groups is 2. The molecule has 4 fully saturated rings. The van der Waals surface area contributed by atoms with Crippen LogP contribution in [-0.4, -0.2) is 57.4 Å². The number of likely N-dealkylation sites (tertiary alicyclic amines) is 2. The molecular formula is C34H46N2O4. The Labute approximate surface area is 240 Å². The molecule has 2 amide bonds. The third-order valence-electron chi connectivity index (χ3n) is 8.63. The zero-order valence-corrected chi connectivity index (χ0v) is 25.1. The van der Waals surface area contributed by atoms with Crippen LogP contribution < -0.4 is 0 Å². The minimum absolute atomic E-state index is 0.0862. The largest absolute Gasteiger partial charge is 0.444 e. The van der Waals surface area contributed by atoms with Crippen LogP contribution in [0.5, 0.6) is 0 Å². The van der Waals surface area contributed by atoms with Gasteiger partial charge in [-0.05, 0) is 91.2 Å². The Bertz CT molecular complexity index is 1090. The first-order valence-corrected chi connectivity index (χ1v) is 14.9. The van der Waals surface area contributed by atoms with E-state index < -0.39 is 11.2 Å². The summed E-state index contributed by atoms with van der Waals surface area (Å²) >= 11 is 0. The van der Waals surface area contributed by atoms with Crippen molar-refractivity contribution < 1.29 is 19.1 Å². The van der Waals surface area contributed by atoms with Gasteiger partial charge in [-0.3, -0.25) is 0 Å². The van der Waals surface area contributed by atoms with E-state index in [0.29, 0.717) is 11.8 Å². The summed E-state index contributed by atoms with van der Waals surface area (Å²) in [6, 6.07) is 21.0. The molecule has 2 aliphatic carbocycles. The Hall–Kier alpha value is -3.02. The van der Waals surface area contributed by atoms with Gasteiger partial charge in [-0.2, -0.15) is 0 Å². The number of amides is 2. The van der Waals surface area contributed by atoms with E-state index >= 15 is 0 Å². The summed E-state index contributed by atoms with van der Waals surface area (Å²) < 4.78 is 11.1. The molecule has 2 saturated heterocycles. The molecule has 6 heteroatoms. The molecule has 1 unspecified atom stereocenters. The third kappa shape index (κ3) is 6.47. The molecule has 2 spiro atoms. The van der Waals surface area contributed by atoms with E-state index in [0.717, 1.165) is 51.6 Å². The topological polar surface area (TPSA) is 59.1 Å². The van der Waals surface area contributed by atoms with E-state index in [1.54, 1.807) is 0 Å². The Morgan fingerprint density at radius 1 is 0.625 bits per heavy atom. The van der Waals surface area contributed by atoms with Crippen LogP contribution in [0, 0.1) is 0 Å². The van der Waals surface area contributed by atoms with Gasteiger partial charge in [0, 0.05) is 36.0 Å². The lowest BCUT2D eigenvalue weighted by Gasteiger charge is -2.28. The summed E-state index contributed by atoms with van der Waals surface area (Å²) in [5.74, 6) is 0.900. The number of hydrogen-bond donors (Lipinski definition) is 0. The summed E-state index contributed by atoms with van der Waals surface area (Å²) in [6.07, 6.45) is 6.35. The van der Waals surface area contributed by atoms with Crippen molar-refractivity contribution in [2.75, 3.05) is 13.1 Å². The molecule has 40 heavy (non-hydrogen) atoms. The molecule has 2 heterocycles. The molecule has 216 valence electrons. The molecule has 2 aromatic rings. The highest BCUT2D eigenvalue weighted by Gasteiger charge is 2.58. The normalized spacial score (nSPS) is 23.9. The first kappa shape index (κ1) is 28.5. The van der Waals surface area contributed by atoms with Gasteiger partial charge in [0.1, 0.15) is 11.2 Å². The lowest BCUT2D eigenvalue weighted by Crippen LogP contribution is -2.41. The molecule has 0 radical (unpaired) electrons. The van der Waals surface area contributed by atoms with Gasteiger partial charge in [0.2, 0.25) is 0 Å². The van der Waals surface area contributed by atoms with Crippen LogP contribution in [0.2, 0.25) is 0 Å². The Kier molecular flexibility index (Phi) is 7.43. The lowest BCUT2D eigenvalue weighted by molar-refractivity contribution is 0.0190. The van der Waals surface area contributed by atoms with Crippen LogP contribution in [0.3, 0.4) is 0 Å². The predicted octanol–water partition coefficient (Wildman–Crippen LogP) is 7.89. The zero-order chi connectivity index (χ0) is 28.8. The van der Waals surface area contributed by atoms with Gasteiger partial charge in [-0.25, -0.2) is 9.59 Å². The maximum Gasteiger partial charge on any atom is 0.410 e. The van der Waals surface area contributed by atoms with Crippen LogP contribution in [0.1, 0.15) is 103 Å². The second kappa shape index (κ2) is 10.4. The summed E-state index contributed by atoms with van der Waals surface area (Å²) in [4.78, 5) is 28.8. The van der Waals surface area contributed by atoms with Gasteiger partial charge in [0.25, 0.3) is 0 Å². The molecule has 0 aromatic heterocycles. The van der Waals surface area contributed by atoms with Gasteiger partial charge >= 0.3 is 12.2 Å². The van der Waals surface area contributed by atoms with Gasteiger partial charge in [-0.1, -0.05) is 60.7 Å². The van der Waals surface area contributed by atoms with Crippen LogP contribution >= 0.6 is 0 Å². The van der Waals surface area contributed by atoms with E-state index in [2.05, 4.69) is 48.5 Å². The van der Waals surface area contributed by atoms with Gasteiger partial charge in [0.05, 0.1) is 0 Å². The Morgan fingerprint density at radius 2 is 0.950 bits per heavy atom. The van der Waals surface area contributed by atoms with Crippen molar-refractivity contribution in [3.63, 3.8) is 0 Å². The fraction of sp³-hybridized carbons (Fsp3) is 0.588. The first-order valence-electron chi connectivity index (χ1n) is 14.9. The van der Waals surface area contributed by atoms with E-state index in [1.165, 1.54) is 11.1 Å². The number of benzene rings is 2. The lowest BCUT2D eigenvalue weighted by atomic mass is 9.96. The van der Waals surface area contributed by atoms with Crippen molar-refractivity contribution in [1.29, 1.82) is 0 Å². The second-order valence-electron chi connectivity index (χ2n) is 14.3.